The number of ether oxygens (including phenoxy) is 1. The van der Waals surface area contributed by atoms with Gasteiger partial charge in [0, 0.05) is 6.08 Å². The van der Waals surface area contributed by atoms with Gasteiger partial charge in [0.05, 0.1) is 0 Å². The minimum Gasteiger partial charge on any atom is -0.485 e. The average Bonchev–Trinajstić information content (AvgIpc) is 2.48. The molecule has 1 aliphatic rings. The number of hydrogen-bond donors (Lipinski definition) is 0. The SMILES string of the molecule is O=C1C=CC(=O)C(OCc2ccc3ccccc3c2)=C1. The van der Waals surface area contributed by atoms with E-state index in [-0.39, 0.29) is 23.9 Å². The summed E-state index contributed by atoms with van der Waals surface area (Å²) in [4.78, 5) is 22.8. The van der Waals surface area contributed by atoms with E-state index in [1.807, 2.05) is 42.5 Å². The Morgan fingerprint density at radius 3 is 2.55 bits per heavy atom. The second kappa shape index (κ2) is 5.13. The predicted octanol–water partition coefficient (Wildman–Crippen LogP) is 2.95. The molecule has 0 saturated heterocycles. The van der Waals surface area contributed by atoms with Gasteiger partial charge in [0.2, 0.25) is 5.78 Å². The molecule has 98 valence electrons. The Balaban J connectivity index is 1.77. The van der Waals surface area contributed by atoms with E-state index in [1.54, 1.807) is 0 Å². The molecule has 3 nitrogen and oxygen atoms in total. The Kier molecular flexibility index (Phi) is 3.17. The number of carbonyl (C=O) groups is 2. The van der Waals surface area contributed by atoms with Crippen LogP contribution >= 0.6 is 0 Å². The molecular weight excluding hydrogens is 252 g/mol. The second-order valence-corrected chi connectivity index (χ2v) is 4.58. The largest absolute Gasteiger partial charge is 0.485 e. The lowest BCUT2D eigenvalue weighted by Gasteiger charge is -2.10. The third kappa shape index (κ3) is 2.52. The third-order valence-electron chi connectivity index (χ3n) is 3.12. The lowest BCUT2D eigenvalue weighted by atomic mass is 10.1. The molecule has 0 spiro atoms. The Bertz CT molecular complexity index is 754. The van der Waals surface area contributed by atoms with Crippen LogP contribution in [0.15, 0.2) is 66.5 Å². The number of hydrogen-bond acceptors (Lipinski definition) is 3. The highest BCUT2D eigenvalue weighted by Gasteiger charge is 2.14. The van der Waals surface area contributed by atoms with Gasteiger partial charge in [0.15, 0.2) is 11.5 Å². The van der Waals surface area contributed by atoms with Crippen molar-refractivity contribution in [2.75, 3.05) is 0 Å². The number of benzene rings is 2. The normalized spacial score (nSPS) is 14.5. The molecule has 20 heavy (non-hydrogen) atoms. The second-order valence-electron chi connectivity index (χ2n) is 4.58. The van der Waals surface area contributed by atoms with Gasteiger partial charge in [0.25, 0.3) is 0 Å². The van der Waals surface area contributed by atoms with Crippen molar-refractivity contribution in [3.63, 3.8) is 0 Å². The lowest BCUT2D eigenvalue weighted by Crippen LogP contribution is -2.10. The zero-order valence-corrected chi connectivity index (χ0v) is 10.7. The molecular formula is C17H12O3. The fraction of sp³-hybridized carbons (Fsp3) is 0.0588. The number of allylic oxidation sites excluding steroid dienone is 3. The van der Waals surface area contributed by atoms with E-state index in [0.29, 0.717) is 0 Å². The molecule has 2 aromatic rings. The van der Waals surface area contributed by atoms with Crippen molar-refractivity contribution < 1.29 is 14.3 Å². The van der Waals surface area contributed by atoms with Gasteiger partial charge in [-0.2, -0.15) is 0 Å². The monoisotopic (exact) mass is 264 g/mol. The summed E-state index contributed by atoms with van der Waals surface area (Å²) < 4.78 is 5.44. The Morgan fingerprint density at radius 2 is 1.70 bits per heavy atom. The molecule has 0 radical (unpaired) electrons. The average molecular weight is 264 g/mol. The highest BCUT2D eigenvalue weighted by Crippen LogP contribution is 2.17. The van der Waals surface area contributed by atoms with Crippen LogP contribution in [0.5, 0.6) is 0 Å². The van der Waals surface area contributed by atoms with E-state index in [2.05, 4.69) is 0 Å². The fourth-order valence-electron chi connectivity index (χ4n) is 2.09. The molecule has 0 heterocycles. The molecule has 3 heteroatoms. The summed E-state index contributed by atoms with van der Waals surface area (Å²) in [6.45, 7) is 0.267. The number of ketones is 2. The number of rotatable bonds is 3. The van der Waals surface area contributed by atoms with Crippen LogP contribution in [0, 0.1) is 0 Å². The van der Waals surface area contributed by atoms with Crippen LogP contribution < -0.4 is 0 Å². The van der Waals surface area contributed by atoms with Crippen molar-refractivity contribution in [3.8, 4) is 0 Å². The van der Waals surface area contributed by atoms with Crippen molar-refractivity contribution >= 4 is 22.3 Å². The molecule has 0 bridgehead atoms. The zero-order chi connectivity index (χ0) is 13.9. The predicted molar refractivity (Wildman–Crippen MR) is 76.0 cm³/mol. The summed E-state index contributed by atoms with van der Waals surface area (Å²) in [5.41, 5.74) is 0.958. The molecule has 0 aliphatic heterocycles. The first-order valence-corrected chi connectivity index (χ1v) is 6.31. The molecule has 0 amide bonds. The van der Waals surface area contributed by atoms with Crippen LogP contribution in [-0.2, 0) is 20.9 Å². The summed E-state index contributed by atoms with van der Waals surface area (Å²) in [6, 6.07) is 14.0. The highest BCUT2D eigenvalue weighted by atomic mass is 16.5. The third-order valence-corrected chi connectivity index (χ3v) is 3.12. The van der Waals surface area contributed by atoms with Gasteiger partial charge in [-0.3, -0.25) is 9.59 Å². The van der Waals surface area contributed by atoms with Gasteiger partial charge in [-0.1, -0.05) is 36.4 Å². The first kappa shape index (κ1) is 12.4. The summed E-state index contributed by atoms with van der Waals surface area (Å²) in [5.74, 6) is -0.394. The van der Waals surface area contributed by atoms with Crippen molar-refractivity contribution in [2.24, 2.45) is 0 Å². The molecule has 0 saturated carbocycles. The summed E-state index contributed by atoms with van der Waals surface area (Å²) in [7, 11) is 0. The van der Waals surface area contributed by atoms with E-state index in [9.17, 15) is 9.59 Å². The molecule has 0 N–H and O–H groups in total. The van der Waals surface area contributed by atoms with Crippen LogP contribution in [0.3, 0.4) is 0 Å². The smallest absolute Gasteiger partial charge is 0.220 e. The lowest BCUT2D eigenvalue weighted by molar-refractivity contribution is -0.117. The molecule has 2 aromatic carbocycles. The molecule has 0 fully saturated rings. The maximum absolute atomic E-state index is 11.5. The van der Waals surface area contributed by atoms with Crippen LogP contribution in [0.25, 0.3) is 10.8 Å². The summed E-state index contributed by atoms with van der Waals surface area (Å²) >= 11 is 0. The first-order valence-electron chi connectivity index (χ1n) is 6.31. The minimum atomic E-state index is -0.273. The van der Waals surface area contributed by atoms with Crippen LogP contribution in [0.2, 0.25) is 0 Å². The van der Waals surface area contributed by atoms with Gasteiger partial charge in [-0.15, -0.1) is 0 Å². The Morgan fingerprint density at radius 1 is 0.900 bits per heavy atom. The quantitative estimate of drug-likeness (QED) is 0.800. The van der Waals surface area contributed by atoms with E-state index in [4.69, 9.17) is 4.74 Å². The van der Waals surface area contributed by atoms with Crippen LogP contribution in [0.4, 0.5) is 0 Å². The summed E-state index contributed by atoms with van der Waals surface area (Å²) in [6.07, 6.45) is 3.70. The maximum atomic E-state index is 11.5. The van der Waals surface area contributed by atoms with E-state index in [1.165, 1.54) is 18.2 Å². The molecule has 0 unspecified atom stereocenters. The molecule has 3 rings (SSSR count). The summed E-state index contributed by atoms with van der Waals surface area (Å²) in [5, 5.41) is 2.27. The molecule has 0 atom stereocenters. The van der Waals surface area contributed by atoms with Crippen molar-refractivity contribution in [1.82, 2.24) is 0 Å². The minimum absolute atomic E-state index is 0.102. The zero-order valence-electron chi connectivity index (χ0n) is 10.7. The van der Waals surface area contributed by atoms with E-state index >= 15 is 0 Å². The first-order chi connectivity index (χ1) is 9.72. The van der Waals surface area contributed by atoms with Gasteiger partial charge in [-0.25, -0.2) is 0 Å². The van der Waals surface area contributed by atoms with Crippen molar-refractivity contribution in [1.29, 1.82) is 0 Å². The number of carbonyl (C=O) groups excluding carboxylic acids is 2. The highest BCUT2D eigenvalue weighted by molar-refractivity contribution is 6.16. The van der Waals surface area contributed by atoms with Gasteiger partial charge >= 0.3 is 0 Å². The standard InChI is InChI=1S/C17H12O3/c18-15-7-8-16(19)17(10-15)20-11-12-5-6-13-3-1-2-4-14(13)9-12/h1-10H,11H2. The maximum Gasteiger partial charge on any atom is 0.220 e. The van der Waals surface area contributed by atoms with Gasteiger partial charge in [-0.05, 0) is 34.6 Å². The Hall–Kier alpha value is -2.68. The van der Waals surface area contributed by atoms with Crippen molar-refractivity contribution in [2.45, 2.75) is 6.61 Å². The molecule has 0 aromatic heterocycles. The van der Waals surface area contributed by atoms with Gasteiger partial charge in [0.1, 0.15) is 6.61 Å². The van der Waals surface area contributed by atoms with Crippen LogP contribution in [-0.4, -0.2) is 11.6 Å². The number of fused-ring (bicyclic) bond motifs is 1. The fourth-order valence-corrected chi connectivity index (χ4v) is 2.09. The van der Waals surface area contributed by atoms with Crippen LogP contribution in [0.1, 0.15) is 5.56 Å². The van der Waals surface area contributed by atoms with Crippen molar-refractivity contribution in [3.05, 3.63) is 72.0 Å². The Labute approximate surface area is 116 Å². The van der Waals surface area contributed by atoms with Gasteiger partial charge < -0.3 is 4.74 Å². The topological polar surface area (TPSA) is 43.4 Å². The van der Waals surface area contributed by atoms with E-state index in [0.717, 1.165) is 16.3 Å². The molecule has 1 aliphatic carbocycles. The van der Waals surface area contributed by atoms with E-state index < -0.39 is 0 Å².